The Morgan fingerprint density at radius 3 is 2.48 bits per heavy atom. The molecule has 0 bridgehead atoms. The number of nitrogens with two attached hydrogens (primary N) is 1. The molecule has 0 unspecified atom stereocenters. The third kappa shape index (κ3) is 4.58. The van der Waals surface area contributed by atoms with Gasteiger partial charge in [0.25, 0.3) is 0 Å². The molecule has 0 radical (unpaired) electrons. The van der Waals surface area contributed by atoms with E-state index in [9.17, 15) is 9.90 Å². The number of benzene rings is 2. The third-order valence-corrected chi connectivity index (χ3v) is 4.14. The normalized spacial score (nSPS) is 10.6. The number of aromatic hydroxyl groups is 1. The molecule has 7 heteroatoms. The summed E-state index contributed by atoms with van der Waals surface area (Å²) < 4.78 is 9.79. The summed E-state index contributed by atoms with van der Waals surface area (Å²) in [5, 5.41) is 17.2. The molecule has 0 aliphatic rings. The number of rotatable bonds is 6. The van der Waals surface area contributed by atoms with Crippen LogP contribution < -0.4 is 11.1 Å². The molecule has 0 saturated heterocycles. The summed E-state index contributed by atoms with van der Waals surface area (Å²) in [7, 11) is 0. The number of nitrogens with zero attached hydrogens (tertiary/aromatic N) is 1. The van der Waals surface area contributed by atoms with Crippen LogP contribution in [0.25, 0.3) is 11.3 Å². The van der Waals surface area contributed by atoms with Gasteiger partial charge in [-0.15, -0.1) is 0 Å². The van der Waals surface area contributed by atoms with Crippen LogP contribution >= 0.6 is 0 Å². The summed E-state index contributed by atoms with van der Waals surface area (Å²) in [4.78, 5) is 10.6. The Labute approximate surface area is 156 Å². The van der Waals surface area contributed by atoms with Gasteiger partial charge in [-0.05, 0) is 42.7 Å². The number of aryl methyl sites for hydroxylation is 2. The van der Waals surface area contributed by atoms with Crippen LogP contribution in [0.15, 0.2) is 47.0 Å². The van der Waals surface area contributed by atoms with E-state index >= 15 is 0 Å². The van der Waals surface area contributed by atoms with E-state index in [4.69, 9.17) is 10.3 Å². The zero-order valence-corrected chi connectivity index (χ0v) is 15.2. The van der Waals surface area contributed by atoms with Crippen molar-refractivity contribution in [2.75, 3.05) is 5.32 Å². The molecule has 1 aromatic heterocycles. The van der Waals surface area contributed by atoms with Crippen molar-refractivity contribution in [2.45, 2.75) is 27.0 Å². The maximum Gasteiger partial charge on any atom is 0.404 e. The Kier molecular flexibility index (Phi) is 5.30. The lowest BCUT2D eigenvalue weighted by Gasteiger charge is -2.10. The van der Waals surface area contributed by atoms with Crippen molar-refractivity contribution >= 4 is 11.8 Å². The lowest BCUT2D eigenvalue weighted by molar-refractivity contribution is 0.137. The Morgan fingerprint density at radius 1 is 1.19 bits per heavy atom. The van der Waals surface area contributed by atoms with E-state index in [0.717, 1.165) is 27.9 Å². The SMILES string of the molecule is Cc1cc(CNc2ccc(-c3cc(COC(N)=O)on3)cc2)cc(C)c1O. The summed E-state index contributed by atoms with van der Waals surface area (Å²) in [6.45, 7) is 4.38. The molecule has 140 valence electrons. The van der Waals surface area contributed by atoms with E-state index < -0.39 is 6.09 Å². The number of amides is 1. The Bertz CT molecular complexity index is 925. The van der Waals surface area contributed by atoms with Crippen LogP contribution in [-0.2, 0) is 17.9 Å². The van der Waals surface area contributed by atoms with Gasteiger partial charge in [-0.25, -0.2) is 4.79 Å². The van der Waals surface area contributed by atoms with Gasteiger partial charge in [0, 0.05) is 23.9 Å². The van der Waals surface area contributed by atoms with Gasteiger partial charge in [-0.3, -0.25) is 0 Å². The molecular formula is C20H21N3O4. The number of phenolic OH excluding ortho intramolecular Hbond substituents is 1. The highest BCUT2D eigenvalue weighted by atomic mass is 16.6. The fourth-order valence-corrected chi connectivity index (χ4v) is 2.77. The minimum absolute atomic E-state index is 0.0482. The first-order chi connectivity index (χ1) is 12.9. The number of nitrogens with one attached hydrogen (secondary N) is 1. The maximum atomic E-state index is 10.6. The smallest absolute Gasteiger partial charge is 0.404 e. The standard InChI is InChI=1S/C20H21N3O4/c1-12-7-14(8-13(2)19(12)24)10-22-16-5-3-15(4-6-16)18-9-17(27-23-18)11-26-20(21)25/h3-9,22,24H,10-11H2,1-2H3,(H2,21,25). The lowest BCUT2D eigenvalue weighted by atomic mass is 10.1. The van der Waals surface area contributed by atoms with Gasteiger partial charge in [0.05, 0.1) is 0 Å². The zero-order valence-electron chi connectivity index (χ0n) is 15.2. The molecule has 3 rings (SSSR count). The highest BCUT2D eigenvalue weighted by Gasteiger charge is 2.08. The second-order valence-corrected chi connectivity index (χ2v) is 6.30. The molecule has 2 aromatic carbocycles. The largest absolute Gasteiger partial charge is 0.507 e. The molecule has 0 fully saturated rings. The first kappa shape index (κ1) is 18.3. The fourth-order valence-electron chi connectivity index (χ4n) is 2.77. The van der Waals surface area contributed by atoms with Crippen LogP contribution in [0, 0.1) is 13.8 Å². The van der Waals surface area contributed by atoms with Crippen LogP contribution in [0.1, 0.15) is 22.5 Å². The maximum absolute atomic E-state index is 10.6. The van der Waals surface area contributed by atoms with Crippen molar-refractivity contribution in [2.24, 2.45) is 5.73 Å². The molecule has 0 spiro atoms. The van der Waals surface area contributed by atoms with E-state index in [-0.39, 0.29) is 6.61 Å². The molecule has 1 heterocycles. The number of anilines is 1. The van der Waals surface area contributed by atoms with Crippen molar-refractivity contribution in [3.63, 3.8) is 0 Å². The van der Waals surface area contributed by atoms with Crippen molar-refractivity contribution < 1.29 is 19.2 Å². The molecule has 1 amide bonds. The van der Waals surface area contributed by atoms with Crippen molar-refractivity contribution in [1.82, 2.24) is 5.16 Å². The monoisotopic (exact) mass is 367 g/mol. The van der Waals surface area contributed by atoms with Gasteiger partial charge in [-0.1, -0.05) is 29.4 Å². The number of phenols is 1. The van der Waals surface area contributed by atoms with Gasteiger partial charge in [0.1, 0.15) is 11.4 Å². The quantitative estimate of drug-likeness (QED) is 0.610. The lowest BCUT2D eigenvalue weighted by Crippen LogP contribution is -2.12. The first-order valence-corrected chi connectivity index (χ1v) is 8.43. The number of primary amides is 1. The molecule has 7 nitrogen and oxygen atoms in total. The molecule has 27 heavy (non-hydrogen) atoms. The highest BCUT2D eigenvalue weighted by Crippen LogP contribution is 2.24. The first-order valence-electron chi connectivity index (χ1n) is 8.43. The van der Waals surface area contributed by atoms with E-state index in [1.54, 1.807) is 6.07 Å². The van der Waals surface area contributed by atoms with Gasteiger partial charge >= 0.3 is 6.09 Å². The number of ether oxygens (including phenoxy) is 1. The van der Waals surface area contributed by atoms with Gasteiger partial charge < -0.3 is 25.4 Å². The Morgan fingerprint density at radius 2 is 1.85 bits per heavy atom. The fraction of sp³-hybridized carbons (Fsp3) is 0.200. The second kappa shape index (κ2) is 7.82. The van der Waals surface area contributed by atoms with E-state index in [2.05, 4.69) is 15.2 Å². The Hall–Kier alpha value is -3.48. The molecular weight excluding hydrogens is 346 g/mol. The van der Waals surface area contributed by atoms with Crippen LogP contribution in [0.5, 0.6) is 5.75 Å². The topological polar surface area (TPSA) is 111 Å². The van der Waals surface area contributed by atoms with E-state index in [1.807, 2.05) is 50.2 Å². The summed E-state index contributed by atoms with van der Waals surface area (Å²) in [6, 6.07) is 13.4. The summed E-state index contributed by atoms with van der Waals surface area (Å²) >= 11 is 0. The molecule has 4 N–H and O–H groups in total. The molecule has 0 atom stereocenters. The summed E-state index contributed by atoms with van der Waals surface area (Å²) in [5.74, 6) is 0.764. The molecule has 0 aliphatic carbocycles. The van der Waals surface area contributed by atoms with Crippen LogP contribution in [0.2, 0.25) is 0 Å². The molecule has 0 saturated carbocycles. The number of carbonyl (C=O) groups is 1. The second-order valence-electron chi connectivity index (χ2n) is 6.30. The summed E-state index contributed by atoms with van der Waals surface area (Å²) in [5.41, 5.74) is 10.2. The van der Waals surface area contributed by atoms with E-state index in [1.165, 1.54) is 0 Å². The summed E-state index contributed by atoms with van der Waals surface area (Å²) in [6.07, 6.45) is -0.859. The van der Waals surface area contributed by atoms with Crippen molar-refractivity contribution in [3.8, 4) is 17.0 Å². The predicted octanol–water partition coefficient (Wildman–Crippen LogP) is 3.87. The molecule has 0 aliphatic heterocycles. The third-order valence-electron chi connectivity index (χ3n) is 4.14. The van der Waals surface area contributed by atoms with Crippen LogP contribution in [-0.4, -0.2) is 16.4 Å². The average molecular weight is 367 g/mol. The molecule has 3 aromatic rings. The van der Waals surface area contributed by atoms with Gasteiger partial charge in [0.2, 0.25) is 0 Å². The zero-order chi connectivity index (χ0) is 19.4. The number of aromatic nitrogens is 1. The van der Waals surface area contributed by atoms with Crippen LogP contribution in [0.4, 0.5) is 10.5 Å². The minimum atomic E-state index is -0.859. The highest BCUT2D eigenvalue weighted by molar-refractivity contribution is 5.65. The Balaban J connectivity index is 1.63. The van der Waals surface area contributed by atoms with Crippen LogP contribution in [0.3, 0.4) is 0 Å². The average Bonchev–Trinajstić information content (AvgIpc) is 3.12. The van der Waals surface area contributed by atoms with Gasteiger partial charge in [0.15, 0.2) is 12.4 Å². The number of carbonyl (C=O) groups excluding carboxylic acids is 1. The number of hydrogen-bond donors (Lipinski definition) is 3. The predicted molar refractivity (Wildman–Crippen MR) is 101 cm³/mol. The minimum Gasteiger partial charge on any atom is -0.507 e. The van der Waals surface area contributed by atoms with E-state index in [0.29, 0.717) is 23.7 Å². The van der Waals surface area contributed by atoms with Gasteiger partial charge in [-0.2, -0.15) is 0 Å². The van der Waals surface area contributed by atoms with Crippen molar-refractivity contribution in [1.29, 1.82) is 0 Å². The van der Waals surface area contributed by atoms with Crippen molar-refractivity contribution in [3.05, 3.63) is 64.9 Å². The number of hydrogen-bond acceptors (Lipinski definition) is 6.